The number of hydrogen-bond donors (Lipinski definition) is 1. The van der Waals surface area contributed by atoms with E-state index in [0.717, 1.165) is 29.1 Å². The van der Waals surface area contributed by atoms with Crippen molar-refractivity contribution in [1.29, 1.82) is 0 Å². The van der Waals surface area contributed by atoms with Gasteiger partial charge in [-0.1, -0.05) is 11.6 Å². The monoisotopic (exact) mass is 304 g/mol. The van der Waals surface area contributed by atoms with Crippen LogP contribution < -0.4 is 0 Å². The zero-order valence-corrected chi connectivity index (χ0v) is 10.8. The highest BCUT2D eigenvalue weighted by Crippen LogP contribution is 2.33. The van der Waals surface area contributed by atoms with Gasteiger partial charge in [-0.2, -0.15) is 18.3 Å². The van der Waals surface area contributed by atoms with Gasteiger partial charge in [0.05, 0.1) is 22.0 Å². The number of hydrogen-bond acceptors (Lipinski definition) is 2. The lowest BCUT2D eigenvalue weighted by atomic mass is 10.2. The van der Waals surface area contributed by atoms with Gasteiger partial charge in [-0.25, -0.2) is 9.48 Å². The van der Waals surface area contributed by atoms with Crippen molar-refractivity contribution in [2.75, 3.05) is 0 Å². The number of carboxylic acid groups (broad SMARTS) is 1. The fourth-order valence-corrected chi connectivity index (χ4v) is 1.86. The first-order valence-electron chi connectivity index (χ1n) is 5.37. The smallest absolute Gasteiger partial charge is 0.416 e. The third-order valence-electron chi connectivity index (χ3n) is 2.65. The fourth-order valence-electron chi connectivity index (χ4n) is 1.66. The molecule has 0 bridgehead atoms. The average Bonchev–Trinajstić information content (AvgIpc) is 2.70. The molecule has 4 nitrogen and oxygen atoms in total. The standard InChI is InChI=1S/C12H8ClF3N2O2/c1-6-8(11(19)20)5-18(17-6)10-4-7(12(14,15)16)2-3-9(10)13/h2-5H,1H3,(H,19,20). The van der Waals surface area contributed by atoms with Gasteiger partial charge in [0.2, 0.25) is 0 Å². The summed E-state index contributed by atoms with van der Waals surface area (Å²) in [6.07, 6.45) is -3.39. The molecule has 106 valence electrons. The maximum Gasteiger partial charge on any atom is 0.416 e. The average molecular weight is 305 g/mol. The Hall–Kier alpha value is -2.02. The second-order valence-corrected chi connectivity index (χ2v) is 4.45. The predicted octanol–water partition coefficient (Wildman–Crippen LogP) is 3.55. The lowest BCUT2D eigenvalue weighted by Crippen LogP contribution is -2.07. The molecule has 0 saturated carbocycles. The number of benzene rings is 1. The number of carboxylic acids is 1. The minimum Gasteiger partial charge on any atom is -0.478 e. The van der Waals surface area contributed by atoms with Crippen LogP contribution in [-0.4, -0.2) is 20.9 Å². The summed E-state index contributed by atoms with van der Waals surface area (Å²) in [5, 5.41) is 12.8. The number of alkyl halides is 3. The second kappa shape index (κ2) is 4.82. The topological polar surface area (TPSA) is 55.1 Å². The van der Waals surface area contributed by atoms with E-state index >= 15 is 0 Å². The van der Waals surface area contributed by atoms with Crippen molar-refractivity contribution in [2.24, 2.45) is 0 Å². The van der Waals surface area contributed by atoms with E-state index in [4.69, 9.17) is 16.7 Å². The molecule has 2 rings (SSSR count). The molecule has 0 fully saturated rings. The van der Waals surface area contributed by atoms with E-state index in [9.17, 15) is 18.0 Å². The number of aromatic nitrogens is 2. The molecular formula is C12H8ClF3N2O2. The van der Waals surface area contributed by atoms with Gasteiger partial charge in [0.25, 0.3) is 0 Å². The Morgan fingerprint density at radius 2 is 2.05 bits per heavy atom. The highest BCUT2D eigenvalue weighted by molar-refractivity contribution is 6.32. The Labute approximate surface area is 116 Å². The molecule has 0 radical (unpaired) electrons. The van der Waals surface area contributed by atoms with E-state index in [1.54, 1.807) is 0 Å². The van der Waals surface area contributed by atoms with Crippen LogP contribution in [0.5, 0.6) is 0 Å². The molecule has 0 aliphatic carbocycles. The van der Waals surface area contributed by atoms with Gasteiger partial charge in [-0.15, -0.1) is 0 Å². The SMILES string of the molecule is Cc1nn(-c2cc(C(F)(F)F)ccc2Cl)cc1C(=O)O. The van der Waals surface area contributed by atoms with Gasteiger partial charge in [-0.3, -0.25) is 0 Å². The van der Waals surface area contributed by atoms with E-state index in [-0.39, 0.29) is 22.0 Å². The van der Waals surface area contributed by atoms with Crippen molar-refractivity contribution in [1.82, 2.24) is 9.78 Å². The van der Waals surface area contributed by atoms with Crippen LogP contribution in [0.1, 0.15) is 21.6 Å². The third-order valence-corrected chi connectivity index (χ3v) is 2.97. The number of rotatable bonds is 2. The maximum atomic E-state index is 12.7. The number of nitrogens with zero attached hydrogens (tertiary/aromatic N) is 2. The van der Waals surface area contributed by atoms with Crippen molar-refractivity contribution >= 4 is 17.6 Å². The summed E-state index contributed by atoms with van der Waals surface area (Å²) in [4.78, 5) is 10.9. The van der Waals surface area contributed by atoms with Gasteiger partial charge in [0, 0.05) is 6.20 Å². The van der Waals surface area contributed by atoms with Crippen LogP contribution >= 0.6 is 11.6 Å². The molecule has 1 heterocycles. The van der Waals surface area contributed by atoms with E-state index < -0.39 is 17.7 Å². The molecule has 20 heavy (non-hydrogen) atoms. The van der Waals surface area contributed by atoms with E-state index in [1.165, 1.54) is 6.92 Å². The van der Waals surface area contributed by atoms with Crippen LogP contribution in [-0.2, 0) is 6.18 Å². The molecule has 0 aliphatic rings. The molecular weight excluding hydrogens is 297 g/mol. The molecule has 0 atom stereocenters. The molecule has 0 amide bonds. The number of aryl methyl sites for hydroxylation is 1. The Morgan fingerprint density at radius 1 is 1.40 bits per heavy atom. The molecule has 1 N–H and O–H groups in total. The number of aromatic carboxylic acids is 1. The summed E-state index contributed by atoms with van der Waals surface area (Å²) in [5.41, 5.74) is -0.830. The van der Waals surface area contributed by atoms with Gasteiger partial charge in [-0.05, 0) is 25.1 Å². The molecule has 2 aromatic rings. The molecule has 8 heteroatoms. The van der Waals surface area contributed by atoms with Gasteiger partial charge in [0.15, 0.2) is 0 Å². The first kappa shape index (κ1) is 14.4. The molecule has 1 aromatic carbocycles. The largest absolute Gasteiger partial charge is 0.478 e. The molecule has 1 aromatic heterocycles. The minimum absolute atomic E-state index is 0.0305. The normalized spacial score (nSPS) is 11.7. The Balaban J connectivity index is 2.57. The highest BCUT2D eigenvalue weighted by Gasteiger charge is 2.31. The van der Waals surface area contributed by atoms with Crippen molar-refractivity contribution in [2.45, 2.75) is 13.1 Å². The van der Waals surface area contributed by atoms with Crippen LogP contribution in [0, 0.1) is 6.92 Å². The van der Waals surface area contributed by atoms with Crippen LogP contribution in [0.25, 0.3) is 5.69 Å². The van der Waals surface area contributed by atoms with Crippen LogP contribution in [0.4, 0.5) is 13.2 Å². The summed E-state index contributed by atoms with van der Waals surface area (Å²) in [6, 6.07) is 2.76. The third kappa shape index (κ3) is 2.62. The number of halogens is 4. The lowest BCUT2D eigenvalue weighted by molar-refractivity contribution is -0.137. The van der Waals surface area contributed by atoms with Gasteiger partial charge >= 0.3 is 12.1 Å². The summed E-state index contributed by atoms with van der Waals surface area (Å²) in [5.74, 6) is -1.21. The van der Waals surface area contributed by atoms with Crippen LogP contribution in [0.3, 0.4) is 0 Å². The molecule has 0 aliphatic heterocycles. The van der Waals surface area contributed by atoms with E-state index in [1.807, 2.05) is 0 Å². The Bertz CT molecular complexity index is 680. The second-order valence-electron chi connectivity index (χ2n) is 4.04. The highest BCUT2D eigenvalue weighted by atomic mass is 35.5. The molecule has 0 unspecified atom stereocenters. The first-order chi connectivity index (χ1) is 9.20. The molecule has 0 spiro atoms. The quantitative estimate of drug-likeness (QED) is 0.923. The first-order valence-corrected chi connectivity index (χ1v) is 5.74. The van der Waals surface area contributed by atoms with E-state index in [2.05, 4.69) is 5.10 Å². The maximum absolute atomic E-state index is 12.7. The fraction of sp³-hybridized carbons (Fsp3) is 0.167. The van der Waals surface area contributed by atoms with Crippen molar-refractivity contribution < 1.29 is 23.1 Å². The minimum atomic E-state index is -4.52. The Kier molecular flexibility index (Phi) is 3.47. The van der Waals surface area contributed by atoms with Gasteiger partial charge in [0.1, 0.15) is 5.56 Å². The summed E-state index contributed by atoms with van der Waals surface area (Å²) in [7, 11) is 0. The number of carbonyl (C=O) groups is 1. The summed E-state index contributed by atoms with van der Waals surface area (Å²) in [6.45, 7) is 1.45. The van der Waals surface area contributed by atoms with Gasteiger partial charge < -0.3 is 5.11 Å². The van der Waals surface area contributed by atoms with Crippen molar-refractivity contribution in [3.63, 3.8) is 0 Å². The lowest BCUT2D eigenvalue weighted by Gasteiger charge is -2.10. The zero-order valence-electron chi connectivity index (χ0n) is 10.1. The summed E-state index contributed by atoms with van der Waals surface area (Å²) >= 11 is 5.85. The van der Waals surface area contributed by atoms with Crippen LogP contribution in [0.15, 0.2) is 24.4 Å². The van der Waals surface area contributed by atoms with Crippen molar-refractivity contribution in [3.8, 4) is 5.69 Å². The van der Waals surface area contributed by atoms with Crippen LogP contribution in [0.2, 0.25) is 5.02 Å². The Morgan fingerprint density at radius 3 is 2.55 bits per heavy atom. The van der Waals surface area contributed by atoms with E-state index in [0.29, 0.717) is 0 Å². The van der Waals surface area contributed by atoms with Crippen molar-refractivity contribution in [3.05, 3.63) is 46.2 Å². The predicted molar refractivity (Wildman–Crippen MR) is 65.3 cm³/mol. The summed E-state index contributed by atoms with van der Waals surface area (Å²) < 4.78 is 39.0. The zero-order chi connectivity index (χ0) is 15.1. The molecule has 0 saturated heterocycles.